The van der Waals surface area contributed by atoms with Crippen LogP contribution < -0.4 is 5.73 Å². The molecular formula is C32H60N5O14+. The average molecular weight is 739 g/mol. The maximum absolute atomic E-state index is 11.4. The number of guanidine groups is 2. The number of aliphatic hydroxyl groups excluding tert-OH is 8. The molecule has 4 fully saturated rings. The van der Waals surface area contributed by atoms with Gasteiger partial charge in [0.1, 0.15) is 55.4 Å². The first-order chi connectivity index (χ1) is 23.9. The van der Waals surface area contributed by atoms with Gasteiger partial charge in [0, 0.05) is 18.4 Å². The lowest BCUT2D eigenvalue weighted by molar-refractivity contribution is -0.544. The van der Waals surface area contributed by atoms with E-state index in [1.165, 1.54) is 4.90 Å². The molecule has 15 atom stereocenters. The van der Waals surface area contributed by atoms with Gasteiger partial charge in [-0.1, -0.05) is 13.3 Å². The van der Waals surface area contributed by atoms with Crippen LogP contribution in [0.15, 0.2) is 13.2 Å². The molecule has 0 spiro atoms. The predicted molar refractivity (Wildman–Crippen MR) is 180 cm³/mol. The zero-order chi connectivity index (χ0) is 36.9. The standard InChI is InChI=1S/C30H53N5O13.C2H4.H2O/c1-3-5-6-34-8-18-27(25(41)26(42)28(43)48-18)45-13-20-24(40)22(38)15-11-44-12-19-23(39)21(37)14(10-36)16(46-19)7-33(4-2)29(31)35(30(34)32)9-17(15)47-20;1-2;/h14-28,31-32,36-43H,3-13H2,1-2H3;1-2H2;1H2/p+1. The Kier molecular flexibility index (Phi) is 16.4. The second kappa shape index (κ2) is 19.3. The van der Waals surface area contributed by atoms with Gasteiger partial charge in [-0.25, -0.2) is 0 Å². The number of likely N-dealkylation sites (N-methyl/N-ethyl adjacent to an activating group) is 1. The van der Waals surface area contributed by atoms with Crippen molar-refractivity contribution in [3.05, 3.63) is 13.2 Å². The van der Waals surface area contributed by atoms with E-state index >= 15 is 0 Å². The first kappa shape index (κ1) is 43.3. The van der Waals surface area contributed by atoms with E-state index in [-0.39, 0.29) is 56.9 Å². The van der Waals surface area contributed by atoms with E-state index in [0.717, 1.165) is 6.42 Å². The van der Waals surface area contributed by atoms with Gasteiger partial charge in [-0.05, 0) is 13.3 Å². The Morgan fingerprint density at radius 2 is 1.45 bits per heavy atom. The Morgan fingerprint density at radius 3 is 2.10 bits per heavy atom. The molecule has 0 saturated carbocycles. The number of fused-ring (bicyclic) bond motifs is 5. The van der Waals surface area contributed by atoms with Crippen molar-refractivity contribution in [3.63, 3.8) is 0 Å². The van der Waals surface area contributed by atoms with Gasteiger partial charge >= 0.3 is 5.96 Å². The highest BCUT2D eigenvalue weighted by Crippen LogP contribution is 2.32. The highest BCUT2D eigenvalue weighted by molar-refractivity contribution is 5.94. The summed E-state index contributed by atoms with van der Waals surface area (Å²) in [5.74, 6) is -1.70. The van der Waals surface area contributed by atoms with Crippen LogP contribution in [0.4, 0.5) is 0 Å². The van der Waals surface area contributed by atoms with Gasteiger partial charge in [0.15, 0.2) is 6.29 Å². The predicted octanol–water partition coefficient (Wildman–Crippen LogP) is -5.28. The molecule has 0 aromatic heterocycles. The fourth-order valence-electron chi connectivity index (χ4n) is 7.32. The Morgan fingerprint density at radius 1 is 0.804 bits per heavy atom. The topological polar surface area (TPSA) is 299 Å². The molecule has 4 saturated heterocycles. The summed E-state index contributed by atoms with van der Waals surface area (Å²) in [7, 11) is 0. The maximum Gasteiger partial charge on any atom is 0.353 e. The highest BCUT2D eigenvalue weighted by atomic mass is 16.7. The number of nitrogens with two attached hydrogens (primary N) is 1. The van der Waals surface area contributed by atoms with E-state index in [0.29, 0.717) is 19.5 Å². The Bertz CT molecular complexity index is 1140. The van der Waals surface area contributed by atoms with Gasteiger partial charge in [-0.3, -0.25) is 15.7 Å². The van der Waals surface area contributed by atoms with Crippen molar-refractivity contribution in [2.75, 3.05) is 59.2 Å². The number of unbranched alkanes of at least 4 members (excludes halogenated alkanes) is 1. The van der Waals surface area contributed by atoms with Crippen molar-refractivity contribution in [2.24, 2.45) is 17.6 Å². The van der Waals surface area contributed by atoms with E-state index in [2.05, 4.69) is 13.2 Å². The van der Waals surface area contributed by atoms with Crippen molar-refractivity contribution in [1.82, 2.24) is 9.80 Å². The summed E-state index contributed by atoms with van der Waals surface area (Å²) >= 11 is 0. The largest absolute Gasteiger partial charge is 0.412 e. The average Bonchev–Trinajstić information content (AvgIpc) is 3.11. The molecule has 0 aromatic carbocycles. The molecule has 19 heteroatoms. The van der Waals surface area contributed by atoms with Crippen LogP contribution in [-0.2, 0) is 23.7 Å². The molecule has 0 aliphatic carbocycles. The third-order valence-electron chi connectivity index (χ3n) is 10.4. The molecule has 5 bridgehead atoms. The van der Waals surface area contributed by atoms with E-state index in [9.17, 15) is 46.3 Å². The van der Waals surface area contributed by atoms with Crippen molar-refractivity contribution in [2.45, 2.75) is 106 Å². The minimum atomic E-state index is -1.73. The van der Waals surface area contributed by atoms with Crippen molar-refractivity contribution < 1.29 is 74.6 Å². The minimum absolute atomic E-state index is 0. The third-order valence-corrected chi connectivity index (χ3v) is 10.4. The summed E-state index contributed by atoms with van der Waals surface area (Å²) in [5.41, 5.74) is 6.90. The van der Waals surface area contributed by atoms with E-state index in [4.69, 9.17) is 29.4 Å². The maximum atomic E-state index is 11.4. The Hall–Kier alpha value is -2.08. The number of aliphatic hydroxyl groups is 8. The van der Waals surface area contributed by atoms with Gasteiger partial charge in [0.25, 0.3) is 5.96 Å². The van der Waals surface area contributed by atoms with Crippen LogP contribution >= 0.6 is 0 Å². The van der Waals surface area contributed by atoms with E-state index in [1.807, 2.05) is 13.8 Å². The molecule has 5 aliphatic rings. The molecule has 5 heterocycles. The molecule has 15 unspecified atom stereocenters. The van der Waals surface area contributed by atoms with Gasteiger partial charge in [-0.15, -0.1) is 13.2 Å². The van der Waals surface area contributed by atoms with Gasteiger partial charge in [-0.2, -0.15) is 4.90 Å². The number of hydrogen-bond donors (Lipinski definition) is 10. The van der Waals surface area contributed by atoms with Crippen LogP contribution in [0.25, 0.3) is 0 Å². The number of ether oxygens (including phenoxy) is 5. The fourth-order valence-corrected chi connectivity index (χ4v) is 7.32. The summed E-state index contributed by atoms with van der Waals surface area (Å²) in [6, 6.07) is 0. The van der Waals surface area contributed by atoms with Crippen LogP contribution in [0.5, 0.6) is 0 Å². The zero-order valence-electron chi connectivity index (χ0n) is 29.4. The smallest absolute Gasteiger partial charge is 0.353 e. The van der Waals surface area contributed by atoms with Crippen molar-refractivity contribution in [1.29, 1.82) is 5.41 Å². The third kappa shape index (κ3) is 9.18. The van der Waals surface area contributed by atoms with E-state index in [1.54, 1.807) is 9.48 Å². The molecule has 19 nitrogen and oxygen atoms in total. The molecule has 0 amide bonds. The highest BCUT2D eigenvalue weighted by Gasteiger charge is 2.52. The zero-order valence-corrected chi connectivity index (χ0v) is 29.4. The quantitative estimate of drug-likeness (QED) is 0.0931. The summed E-state index contributed by atoms with van der Waals surface area (Å²) in [4.78, 5) is 3.18. The molecule has 5 aliphatic heterocycles. The first-order valence-electron chi connectivity index (χ1n) is 17.4. The van der Waals surface area contributed by atoms with Crippen LogP contribution in [0.2, 0.25) is 0 Å². The Balaban J connectivity index is 0.00000230. The summed E-state index contributed by atoms with van der Waals surface area (Å²) in [6.45, 7) is 9.33. The minimum Gasteiger partial charge on any atom is -0.412 e. The van der Waals surface area contributed by atoms with Gasteiger partial charge in [0.05, 0.1) is 70.5 Å². The lowest BCUT2D eigenvalue weighted by atomic mass is 9.86. The van der Waals surface area contributed by atoms with Crippen LogP contribution in [0.1, 0.15) is 26.7 Å². The number of rotatable bonds is 5. The monoisotopic (exact) mass is 738 g/mol. The van der Waals surface area contributed by atoms with Crippen molar-refractivity contribution in [3.8, 4) is 0 Å². The van der Waals surface area contributed by atoms with Gasteiger partial charge < -0.3 is 74.9 Å². The summed E-state index contributed by atoms with van der Waals surface area (Å²) in [5, 5.41) is 95.9. The SMILES string of the molecule is C=C.CCCCN1CC2OC(O)C(O)C(O)C2OCC2OC3CN(C1=N)C(N)=[N+](CC)CC1OC(COCC3C(O)C2O)C(O)C(O)C1CO.O. The normalized spacial score (nSPS) is 42.4. The molecule has 5 rings (SSSR count). The molecule has 296 valence electrons. The van der Waals surface area contributed by atoms with Crippen molar-refractivity contribution >= 4 is 11.9 Å². The lowest BCUT2D eigenvalue weighted by Gasteiger charge is -2.47. The molecule has 13 N–H and O–H groups in total. The number of nitrogens with zero attached hydrogens (tertiary/aromatic N) is 3. The van der Waals surface area contributed by atoms with E-state index < -0.39 is 98.0 Å². The van der Waals surface area contributed by atoms with Gasteiger partial charge in [0.2, 0.25) is 0 Å². The van der Waals surface area contributed by atoms with Crippen LogP contribution in [0.3, 0.4) is 0 Å². The molecule has 0 aromatic rings. The molecule has 0 radical (unpaired) electrons. The fraction of sp³-hybridized carbons (Fsp3) is 0.875. The number of hydrogen-bond acceptors (Lipinski definition) is 15. The van der Waals surface area contributed by atoms with Crippen LogP contribution in [0, 0.1) is 17.2 Å². The van der Waals surface area contributed by atoms with Crippen LogP contribution in [-0.4, -0.2) is 211 Å². The summed E-state index contributed by atoms with van der Waals surface area (Å²) in [6.07, 6.45) is -15.2. The first-order valence-corrected chi connectivity index (χ1v) is 17.4. The molecular weight excluding hydrogens is 678 g/mol. The summed E-state index contributed by atoms with van der Waals surface area (Å²) < 4.78 is 31.9. The molecule has 51 heavy (non-hydrogen) atoms. The lowest BCUT2D eigenvalue weighted by Crippen LogP contribution is -2.66. The number of nitrogens with one attached hydrogen (secondary N) is 1. The second-order valence-corrected chi connectivity index (χ2v) is 13.4. The second-order valence-electron chi connectivity index (χ2n) is 13.4. The Labute approximate surface area is 297 Å².